The van der Waals surface area contributed by atoms with E-state index in [2.05, 4.69) is 5.32 Å². The minimum atomic E-state index is -0.975. The average molecular weight is 299 g/mol. The summed E-state index contributed by atoms with van der Waals surface area (Å²) >= 11 is 0. The van der Waals surface area contributed by atoms with E-state index in [0.717, 1.165) is 16.9 Å². The molecule has 2 aromatic rings. The zero-order valence-electron chi connectivity index (χ0n) is 12.1. The third-order valence-electron chi connectivity index (χ3n) is 3.74. The number of methoxy groups -OCH3 is 1. The zero-order chi connectivity index (χ0) is 15.5. The lowest BCUT2D eigenvalue weighted by Crippen LogP contribution is -2.28. The molecule has 22 heavy (non-hydrogen) atoms. The number of benzene rings is 2. The zero-order valence-corrected chi connectivity index (χ0v) is 12.1. The van der Waals surface area contributed by atoms with Crippen molar-refractivity contribution in [3.05, 3.63) is 65.7 Å². The highest BCUT2D eigenvalue weighted by Crippen LogP contribution is 2.34. The molecule has 0 aliphatic carbocycles. The summed E-state index contributed by atoms with van der Waals surface area (Å²) in [6, 6.07) is 16.5. The van der Waals surface area contributed by atoms with Crippen LogP contribution in [0.4, 0.5) is 0 Å². The fourth-order valence-electron chi connectivity index (χ4n) is 2.60. The fraction of sp³-hybridized carbons (Fsp3) is 0.235. The summed E-state index contributed by atoms with van der Waals surface area (Å²) in [4.78, 5) is 11.5. The topological polar surface area (TPSA) is 67.8 Å². The smallest absolute Gasteiger partial charge is 0.334 e. The van der Waals surface area contributed by atoms with Crippen LogP contribution >= 0.6 is 0 Å². The average Bonchev–Trinajstić information content (AvgIpc) is 3.01. The van der Waals surface area contributed by atoms with Gasteiger partial charge in [-0.1, -0.05) is 42.5 Å². The number of hydrogen-bond donors (Lipinski definition) is 2. The van der Waals surface area contributed by atoms with E-state index < -0.39 is 18.3 Å². The summed E-state index contributed by atoms with van der Waals surface area (Å²) in [5.41, 5.74) is 1.76. The van der Waals surface area contributed by atoms with Gasteiger partial charge < -0.3 is 14.6 Å². The Morgan fingerprint density at radius 3 is 2.36 bits per heavy atom. The molecule has 1 aliphatic rings. The van der Waals surface area contributed by atoms with E-state index in [1.54, 1.807) is 7.11 Å². The monoisotopic (exact) mass is 299 g/mol. The van der Waals surface area contributed by atoms with Crippen molar-refractivity contribution in [2.45, 2.75) is 18.4 Å². The van der Waals surface area contributed by atoms with Crippen LogP contribution < -0.4 is 10.1 Å². The molecule has 1 heterocycles. The number of carbonyl (C=O) groups is 1. The van der Waals surface area contributed by atoms with E-state index in [1.165, 1.54) is 0 Å². The van der Waals surface area contributed by atoms with Crippen LogP contribution in [-0.2, 0) is 9.53 Å². The van der Waals surface area contributed by atoms with Crippen LogP contribution in [0.25, 0.3) is 0 Å². The molecule has 1 fully saturated rings. The molecule has 2 N–H and O–H groups in total. The Labute approximate surface area is 128 Å². The molecule has 2 aromatic carbocycles. The van der Waals surface area contributed by atoms with E-state index in [9.17, 15) is 9.90 Å². The number of carboxylic acids is 1. The molecular formula is C17H17NO4. The third kappa shape index (κ3) is 2.81. The van der Waals surface area contributed by atoms with E-state index in [-0.39, 0.29) is 6.04 Å². The Morgan fingerprint density at radius 2 is 1.77 bits per heavy atom. The van der Waals surface area contributed by atoms with Gasteiger partial charge in [0.25, 0.3) is 0 Å². The van der Waals surface area contributed by atoms with Gasteiger partial charge in [0.05, 0.1) is 13.2 Å². The molecule has 0 spiro atoms. The van der Waals surface area contributed by atoms with E-state index >= 15 is 0 Å². The number of aliphatic carboxylic acids is 1. The third-order valence-corrected chi connectivity index (χ3v) is 3.74. The molecule has 0 radical (unpaired) electrons. The summed E-state index contributed by atoms with van der Waals surface area (Å²) in [5.74, 6) is -0.228. The molecule has 1 saturated heterocycles. The van der Waals surface area contributed by atoms with Crippen molar-refractivity contribution in [2.24, 2.45) is 0 Å². The summed E-state index contributed by atoms with van der Waals surface area (Å²) in [6.45, 7) is 0. The van der Waals surface area contributed by atoms with Gasteiger partial charge in [0, 0.05) is 0 Å². The minimum Gasteiger partial charge on any atom is -0.497 e. The van der Waals surface area contributed by atoms with Crippen molar-refractivity contribution in [3.63, 3.8) is 0 Å². The highest BCUT2D eigenvalue weighted by Gasteiger charge is 2.40. The molecule has 3 rings (SSSR count). The normalized spacial score (nSPS) is 24.1. The molecule has 5 nitrogen and oxygen atoms in total. The fourth-order valence-corrected chi connectivity index (χ4v) is 2.60. The van der Waals surface area contributed by atoms with Crippen molar-refractivity contribution in [1.82, 2.24) is 5.32 Å². The van der Waals surface area contributed by atoms with Crippen LogP contribution in [0, 0.1) is 0 Å². The Balaban J connectivity index is 1.85. The van der Waals surface area contributed by atoms with Crippen LogP contribution in [0.2, 0.25) is 0 Å². The number of nitrogens with one attached hydrogen (secondary N) is 1. The number of rotatable bonds is 4. The Bertz CT molecular complexity index is 641. The highest BCUT2D eigenvalue weighted by atomic mass is 16.5. The first-order valence-corrected chi connectivity index (χ1v) is 7.02. The number of ether oxygens (including phenoxy) is 2. The van der Waals surface area contributed by atoms with Gasteiger partial charge in [-0.15, -0.1) is 0 Å². The van der Waals surface area contributed by atoms with Gasteiger partial charge in [0.15, 0.2) is 6.10 Å². The molecule has 1 aliphatic heterocycles. The maximum Gasteiger partial charge on any atom is 0.334 e. The Kier molecular flexibility index (Phi) is 4.09. The van der Waals surface area contributed by atoms with Crippen molar-refractivity contribution < 1.29 is 19.4 Å². The molecule has 0 aromatic heterocycles. The van der Waals surface area contributed by atoms with Crippen molar-refractivity contribution in [1.29, 1.82) is 0 Å². The predicted octanol–water partition coefficient (Wildman–Crippen LogP) is 2.51. The quantitative estimate of drug-likeness (QED) is 0.908. The second-order valence-electron chi connectivity index (χ2n) is 5.10. The Morgan fingerprint density at radius 1 is 1.09 bits per heavy atom. The van der Waals surface area contributed by atoms with Crippen molar-refractivity contribution in [3.8, 4) is 5.75 Å². The van der Waals surface area contributed by atoms with Gasteiger partial charge in [0.1, 0.15) is 12.0 Å². The molecule has 3 atom stereocenters. The first-order valence-electron chi connectivity index (χ1n) is 7.02. The second-order valence-corrected chi connectivity index (χ2v) is 5.10. The first kappa shape index (κ1) is 14.6. The standard InChI is InChI=1S/C17H17NO4/c1-21-13-9-7-12(8-10-13)16-18-14(15(22-16)17(19)20)11-5-3-2-4-6-11/h2-10,14-16,18H,1H3,(H,19,20). The second kappa shape index (κ2) is 6.17. The summed E-state index contributed by atoms with van der Waals surface area (Å²) < 4.78 is 10.8. The van der Waals surface area contributed by atoms with E-state index in [0.29, 0.717) is 0 Å². The van der Waals surface area contributed by atoms with Gasteiger partial charge in [0.2, 0.25) is 0 Å². The highest BCUT2D eigenvalue weighted by molar-refractivity contribution is 5.74. The summed E-state index contributed by atoms with van der Waals surface area (Å²) in [5, 5.41) is 12.7. The van der Waals surface area contributed by atoms with E-state index in [1.807, 2.05) is 54.6 Å². The van der Waals surface area contributed by atoms with Gasteiger partial charge in [-0.05, 0) is 23.3 Å². The number of carboxylic acid groups (broad SMARTS) is 1. The van der Waals surface area contributed by atoms with Gasteiger partial charge in [-0.3, -0.25) is 5.32 Å². The largest absolute Gasteiger partial charge is 0.497 e. The van der Waals surface area contributed by atoms with Crippen LogP contribution in [0.5, 0.6) is 5.75 Å². The van der Waals surface area contributed by atoms with Gasteiger partial charge in [-0.25, -0.2) is 4.79 Å². The van der Waals surface area contributed by atoms with Crippen LogP contribution in [-0.4, -0.2) is 24.3 Å². The SMILES string of the molecule is COc1ccc(C2NC(c3ccccc3)C(C(=O)O)O2)cc1. The molecule has 3 unspecified atom stereocenters. The molecule has 114 valence electrons. The van der Waals surface area contributed by atoms with Gasteiger partial charge >= 0.3 is 5.97 Å². The first-order chi connectivity index (χ1) is 10.7. The Hall–Kier alpha value is -2.37. The lowest BCUT2D eigenvalue weighted by atomic mass is 10.0. The van der Waals surface area contributed by atoms with Crippen LogP contribution in [0.3, 0.4) is 0 Å². The predicted molar refractivity (Wildman–Crippen MR) is 80.6 cm³/mol. The van der Waals surface area contributed by atoms with Crippen molar-refractivity contribution >= 4 is 5.97 Å². The molecule has 0 saturated carbocycles. The maximum atomic E-state index is 11.5. The van der Waals surface area contributed by atoms with Gasteiger partial charge in [-0.2, -0.15) is 0 Å². The van der Waals surface area contributed by atoms with Crippen LogP contribution in [0.1, 0.15) is 23.4 Å². The molecule has 5 heteroatoms. The summed E-state index contributed by atoms with van der Waals surface area (Å²) in [7, 11) is 1.60. The molecule has 0 bridgehead atoms. The van der Waals surface area contributed by atoms with Crippen molar-refractivity contribution in [2.75, 3.05) is 7.11 Å². The lowest BCUT2D eigenvalue weighted by molar-refractivity contribution is -0.150. The molecule has 0 amide bonds. The molecular weight excluding hydrogens is 282 g/mol. The number of hydrogen-bond acceptors (Lipinski definition) is 4. The lowest BCUT2D eigenvalue weighted by Gasteiger charge is -2.14. The van der Waals surface area contributed by atoms with E-state index in [4.69, 9.17) is 9.47 Å². The van der Waals surface area contributed by atoms with Crippen LogP contribution in [0.15, 0.2) is 54.6 Å². The maximum absolute atomic E-state index is 11.5. The minimum absolute atomic E-state index is 0.384. The summed E-state index contributed by atoms with van der Waals surface area (Å²) in [6.07, 6.45) is -1.38.